The van der Waals surface area contributed by atoms with Crippen molar-refractivity contribution in [2.75, 3.05) is 30.6 Å². The highest BCUT2D eigenvalue weighted by atomic mass is 32.2. The molecule has 4 aromatic carbocycles. The maximum absolute atomic E-state index is 14.7. The minimum absolute atomic E-state index is 0.0336. The van der Waals surface area contributed by atoms with Gasteiger partial charge >= 0.3 is 0 Å². The molecule has 0 aliphatic carbocycles. The zero-order valence-electron chi connectivity index (χ0n) is 26.8. The number of benzene rings is 4. The van der Waals surface area contributed by atoms with Crippen LogP contribution in [0.3, 0.4) is 0 Å². The summed E-state index contributed by atoms with van der Waals surface area (Å²) in [5.41, 5.74) is 2.94. The lowest BCUT2D eigenvalue weighted by Gasteiger charge is -2.34. The Balaban J connectivity index is 1.58. The third kappa shape index (κ3) is 8.31. The van der Waals surface area contributed by atoms with E-state index in [1.165, 1.54) is 17.0 Å². The average molecular weight is 656 g/mol. The number of amides is 2. The molecule has 10 heteroatoms. The minimum Gasteiger partial charge on any atom is -0.486 e. The van der Waals surface area contributed by atoms with Gasteiger partial charge in [0.25, 0.3) is 10.0 Å². The lowest BCUT2D eigenvalue weighted by molar-refractivity contribution is -0.140. The SMILES string of the molecule is CCCCNC(=O)[C@H](Cc1ccccc1)N(Cc1ccccc1C)C(=O)CN(c1ccc2c(c1)OCCO2)S(=O)(=O)c1ccccc1. The van der Waals surface area contributed by atoms with Crippen molar-refractivity contribution in [1.82, 2.24) is 10.2 Å². The van der Waals surface area contributed by atoms with Crippen LogP contribution < -0.4 is 19.1 Å². The summed E-state index contributed by atoms with van der Waals surface area (Å²) in [5, 5.41) is 3.02. The van der Waals surface area contributed by atoms with Crippen molar-refractivity contribution in [1.29, 1.82) is 0 Å². The Bertz CT molecular complexity index is 1770. The normalized spacial score (nSPS) is 13.0. The Morgan fingerprint density at radius 3 is 2.21 bits per heavy atom. The number of sulfonamides is 1. The molecule has 0 saturated carbocycles. The second-order valence-electron chi connectivity index (χ2n) is 11.5. The van der Waals surface area contributed by atoms with Gasteiger partial charge < -0.3 is 19.7 Å². The molecule has 0 spiro atoms. The van der Waals surface area contributed by atoms with Crippen LogP contribution >= 0.6 is 0 Å². The van der Waals surface area contributed by atoms with Gasteiger partial charge in [-0.15, -0.1) is 0 Å². The number of fused-ring (bicyclic) bond motifs is 1. The van der Waals surface area contributed by atoms with E-state index in [-0.39, 0.29) is 29.5 Å². The molecule has 0 fully saturated rings. The molecule has 0 bridgehead atoms. The number of rotatable bonds is 14. The van der Waals surface area contributed by atoms with E-state index in [9.17, 15) is 18.0 Å². The standard InChI is InChI=1S/C37H41N3O6S/c1-3-4-21-38-37(42)33(24-29-14-7-5-8-15-29)39(26-30-16-12-11-13-28(30)2)36(41)27-40(47(43,44)32-17-9-6-10-18-32)31-19-20-34-35(25-31)46-23-22-45-34/h5-20,25,33H,3-4,21-24,26-27H2,1-2H3,(H,38,42)/t33-/m0/s1. The molecule has 0 radical (unpaired) electrons. The van der Waals surface area contributed by atoms with Gasteiger partial charge in [-0.3, -0.25) is 13.9 Å². The minimum atomic E-state index is -4.22. The van der Waals surface area contributed by atoms with Crippen LogP contribution in [0.2, 0.25) is 0 Å². The van der Waals surface area contributed by atoms with Crippen LogP contribution in [-0.4, -0.2) is 57.5 Å². The molecule has 1 aliphatic rings. The van der Waals surface area contributed by atoms with Gasteiger partial charge in [-0.1, -0.05) is 86.1 Å². The van der Waals surface area contributed by atoms with Gasteiger partial charge in [0, 0.05) is 25.6 Å². The zero-order valence-corrected chi connectivity index (χ0v) is 27.6. The molecule has 1 aliphatic heterocycles. The molecule has 246 valence electrons. The topological polar surface area (TPSA) is 105 Å². The van der Waals surface area contributed by atoms with E-state index in [0.29, 0.717) is 31.3 Å². The highest BCUT2D eigenvalue weighted by Crippen LogP contribution is 2.36. The Morgan fingerprint density at radius 2 is 1.51 bits per heavy atom. The maximum atomic E-state index is 14.7. The number of hydrogen-bond acceptors (Lipinski definition) is 6. The van der Waals surface area contributed by atoms with E-state index < -0.39 is 28.5 Å². The molecule has 1 heterocycles. The van der Waals surface area contributed by atoms with Gasteiger partial charge in [0.15, 0.2) is 11.5 Å². The Morgan fingerprint density at radius 1 is 0.851 bits per heavy atom. The monoisotopic (exact) mass is 655 g/mol. The zero-order chi connectivity index (χ0) is 33.2. The first-order valence-electron chi connectivity index (χ1n) is 15.9. The van der Waals surface area contributed by atoms with Crippen LogP contribution in [0.25, 0.3) is 0 Å². The first kappa shape index (κ1) is 33.5. The summed E-state index contributed by atoms with van der Waals surface area (Å²) < 4.78 is 41.0. The van der Waals surface area contributed by atoms with Crippen molar-refractivity contribution in [2.45, 2.75) is 50.6 Å². The highest BCUT2D eigenvalue weighted by Gasteiger charge is 2.35. The molecule has 0 aromatic heterocycles. The first-order chi connectivity index (χ1) is 22.8. The van der Waals surface area contributed by atoms with Crippen LogP contribution in [0.15, 0.2) is 108 Å². The number of carbonyl (C=O) groups excluding carboxylic acids is 2. The predicted molar refractivity (Wildman–Crippen MR) is 182 cm³/mol. The van der Waals surface area contributed by atoms with E-state index in [1.54, 1.807) is 36.4 Å². The van der Waals surface area contributed by atoms with Gasteiger partial charge in [0.1, 0.15) is 25.8 Å². The van der Waals surface area contributed by atoms with E-state index in [1.807, 2.05) is 68.4 Å². The number of nitrogens with zero attached hydrogens (tertiary/aromatic N) is 2. The quantitative estimate of drug-likeness (QED) is 0.180. The molecule has 47 heavy (non-hydrogen) atoms. The molecule has 1 N–H and O–H groups in total. The highest BCUT2D eigenvalue weighted by molar-refractivity contribution is 7.92. The van der Waals surface area contributed by atoms with Crippen molar-refractivity contribution in [3.8, 4) is 11.5 Å². The van der Waals surface area contributed by atoms with Gasteiger partial charge in [0.05, 0.1) is 10.6 Å². The number of ether oxygens (including phenoxy) is 2. The third-order valence-corrected chi connectivity index (χ3v) is 9.91. The van der Waals surface area contributed by atoms with Crippen molar-refractivity contribution in [3.05, 3.63) is 120 Å². The summed E-state index contributed by atoms with van der Waals surface area (Å²) in [4.78, 5) is 30.1. The fourth-order valence-electron chi connectivity index (χ4n) is 5.47. The van der Waals surface area contributed by atoms with Gasteiger partial charge in [-0.25, -0.2) is 8.42 Å². The third-order valence-electron chi connectivity index (χ3n) is 8.13. The smallest absolute Gasteiger partial charge is 0.264 e. The number of unbranched alkanes of at least 4 members (excludes halogenated alkanes) is 1. The van der Waals surface area contributed by atoms with Crippen molar-refractivity contribution in [2.24, 2.45) is 0 Å². The van der Waals surface area contributed by atoms with Gasteiger partial charge in [-0.2, -0.15) is 0 Å². The van der Waals surface area contributed by atoms with Gasteiger partial charge in [0.2, 0.25) is 11.8 Å². The number of anilines is 1. The maximum Gasteiger partial charge on any atom is 0.264 e. The molecule has 1 atom stereocenters. The number of aryl methyl sites for hydroxylation is 1. The van der Waals surface area contributed by atoms with Crippen molar-refractivity contribution >= 4 is 27.5 Å². The lowest BCUT2D eigenvalue weighted by Crippen LogP contribution is -2.53. The van der Waals surface area contributed by atoms with Crippen LogP contribution in [0, 0.1) is 6.92 Å². The molecule has 5 rings (SSSR count). The summed E-state index contributed by atoms with van der Waals surface area (Å²) >= 11 is 0. The number of carbonyl (C=O) groups is 2. The summed E-state index contributed by atoms with van der Waals surface area (Å²) in [7, 11) is -4.22. The van der Waals surface area contributed by atoms with Crippen molar-refractivity contribution < 1.29 is 27.5 Å². The van der Waals surface area contributed by atoms with E-state index in [0.717, 1.165) is 33.8 Å². The second kappa shape index (κ2) is 15.6. The Kier molecular flexibility index (Phi) is 11.2. The van der Waals surface area contributed by atoms with Crippen LogP contribution in [0.5, 0.6) is 11.5 Å². The van der Waals surface area contributed by atoms with E-state index in [4.69, 9.17) is 9.47 Å². The first-order valence-corrected chi connectivity index (χ1v) is 17.3. The Labute approximate surface area is 277 Å². The van der Waals surface area contributed by atoms with Crippen LogP contribution in [0.4, 0.5) is 5.69 Å². The second-order valence-corrected chi connectivity index (χ2v) is 13.3. The summed E-state index contributed by atoms with van der Waals surface area (Å²) in [5.74, 6) is 0.0787. The Hall–Kier alpha value is -4.83. The molecular formula is C37H41N3O6S. The fraction of sp³-hybridized carbons (Fsp3) is 0.297. The van der Waals surface area contributed by atoms with E-state index >= 15 is 0 Å². The molecule has 2 amide bonds. The lowest BCUT2D eigenvalue weighted by atomic mass is 10.0. The summed E-state index contributed by atoms with van der Waals surface area (Å²) in [6.45, 7) is 4.74. The molecule has 9 nitrogen and oxygen atoms in total. The fourth-order valence-corrected chi connectivity index (χ4v) is 6.89. The molecular weight excluding hydrogens is 614 g/mol. The summed E-state index contributed by atoms with van der Waals surface area (Å²) in [6, 6.07) is 29.1. The number of hydrogen-bond donors (Lipinski definition) is 1. The average Bonchev–Trinajstić information content (AvgIpc) is 3.10. The molecule has 0 saturated heterocycles. The van der Waals surface area contributed by atoms with Crippen molar-refractivity contribution in [3.63, 3.8) is 0 Å². The van der Waals surface area contributed by atoms with E-state index in [2.05, 4.69) is 5.32 Å². The summed E-state index contributed by atoms with van der Waals surface area (Å²) in [6.07, 6.45) is 1.95. The van der Waals surface area contributed by atoms with Crippen LogP contribution in [0.1, 0.15) is 36.5 Å². The van der Waals surface area contributed by atoms with Gasteiger partial charge in [-0.05, 0) is 54.3 Å². The number of nitrogens with one attached hydrogen (secondary N) is 1. The predicted octanol–water partition coefficient (Wildman–Crippen LogP) is 5.52. The van der Waals surface area contributed by atoms with Crippen LogP contribution in [-0.2, 0) is 32.6 Å². The molecule has 0 unspecified atom stereocenters. The largest absolute Gasteiger partial charge is 0.486 e. The molecule has 4 aromatic rings.